The van der Waals surface area contributed by atoms with Gasteiger partial charge in [-0.1, -0.05) is 62.7 Å². The summed E-state index contributed by atoms with van der Waals surface area (Å²) in [5.74, 6) is -1.63. The van der Waals surface area contributed by atoms with Crippen molar-refractivity contribution in [3.63, 3.8) is 0 Å². The van der Waals surface area contributed by atoms with E-state index in [1.54, 1.807) is 0 Å². The third-order valence-electron chi connectivity index (χ3n) is 5.60. The molecule has 0 radical (unpaired) electrons. The number of aromatic carboxylic acids is 1. The molecule has 1 amide bonds. The number of ether oxygens (including phenoxy) is 1. The molecule has 0 aliphatic rings. The zero-order valence-corrected chi connectivity index (χ0v) is 23.8. The Labute approximate surface area is 240 Å². The summed E-state index contributed by atoms with van der Waals surface area (Å²) in [6, 6.07) is 15.6. The predicted octanol–water partition coefficient (Wildman–Crippen LogP) is 8.23. The molecule has 1 N–H and O–H groups in total. The van der Waals surface area contributed by atoms with Gasteiger partial charge in [-0.3, -0.25) is 14.9 Å². The molecule has 12 heteroatoms. The molecule has 3 rings (SSSR count). The van der Waals surface area contributed by atoms with Crippen LogP contribution in [0.5, 0.6) is 11.5 Å². The minimum absolute atomic E-state index is 0.125. The fourth-order valence-corrected chi connectivity index (χ4v) is 3.71. The summed E-state index contributed by atoms with van der Waals surface area (Å²) in [5, 5.41) is 19.4. The molecule has 0 bridgehead atoms. The first kappa shape index (κ1) is 33.1. The van der Waals surface area contributed by atoms with Gasteiger partial charge in [0.25, 0.3) is 5.69 Å². The lowest BCUT2D eigenvalue weighted by atomic mass is 9.93. The van der Waals surface area contributed by atoms with Gasteiger partial charge in [-0.05, 0) is 43.7 Å². The Morgan fingerprint density at radius 1 is 1.02 bits per heavy atom. The Hall–Kier alpha value is -4.12. The molecule has 0 unspecified atom stereocenters. The summed E-state index contributed by atoms with van der Waals surface area (Å²) < 4.78 is 42.9. The number of carboxylic acid groups (broad SMARTS) is 1. The van der Waals surface area contributed by atoms with Crippen molar-refractivity contribution in [3.8, 4) is 11.5 Å². The zero-order chi connectivity index (χ0) is 31.1. The van der Waals surface area contributed by atoms with Crippen LogP contribution in [0.1, 0.15) is 56.1 Å². The van der Waals surface area contributed by atoms with Gasteiger partial charge in [0.05, 0.1) is 15.5 Å². The summed E-state index contributed by atoms with van der Waals surface area (Å²) in [5.41, 5.74) is -1.39. The molecule has 0 aliphatic heterocycles. The van der Waals surface area contributed by atoms with Crippen molar-refractivity contribution in [1.29, 1.82) is 0 Å². The summed E-state index contributed by atoms with van der Waals surface area (Å²) in [4.78, 5) is 35.2. The SMILES string of the molecule is CC(C)N(Cc1ccccc1)C(=O)C(C)(C)C.O=C(O)c1cc(Oc2ccc(C(F)(F)F)cc2Cl)ccc1[N+](=O)[O-]. The van der Waals surface area contributed by atoms with E-state index in [0.717, 1.165) is 30.3 Å². The second kappa shape index (κ2) is 13.5. The van der Waals surface area contributed by atoms with Crippen molar-refractivity contribution in [2.45, 2.75) is 53.4 Å². The topological polar surface area (TPSA) is 110 Å². The molecule has 0 heterocycles. The normalized spacial score (nSPS) is 11.4. The number of nitro groups is 1. The highest BCUT2D eigenvalue weighted by Crippen LogP contribution is 2.37. The molecule has 220 valence electrons. The van der Waals surface area contributed by atoms with Gasteiger partial charge in [0, 0.05) is 30.1 Å². The second-order valence-electron chi connectivity index (χ2n) is 10.2. The summed E-state index contributed by atoms with van der Waals surface area (Å²) in [6.07, 6.45) is -4.58. The second-order valence-corrected chi connectivity index (χ2v) is 10.7. The highest BCUT2D eigenvalue weighted by molar-refractivity contribution is 6.32. The van der Waals surface area contributed by atoms with Crippen LogP contribution in [-0.2, 0) is 17.5 Å². The molecule has 0 spiro atoms. The molecule has 0 atom stereocenters. The lowest BCUT2D eigenvalue weighted by Crippen LogP contribution is -2.43. The van der Waals surface area contributed by atoms with Gasteiger partial charge < -0.3 is 14.7 Å². The number of nitrogens with zero attached hydrogens (tertiary/aromatic N) is 2. The number of carbonyl (C=O) groups excluding carboxylic acids is 1. The Bertz CT molecular complexity index is 1390. The van der Waals surface area contributed by atoms with Crippen LogP contribution in [0, 0.1) is 15.5 Å². The molecule has 0 aliphatic carbocycles. The van der Waals surface area contributed by atoms with Gasteiger partial charge in [-0.2, -0.15) is 13.2 Å². The molecule has 0 saturated carbocycles. The van der Waals surface area contributed by atoms with Crippen LogP contribution in [0.3, 0.4) is 0 Å². The van der Waals surface area contributed by atoms with Crippen LogP contribution in [0.15, 0.2) is 66.7 Å². The number of hydrogen-bond donors (Lipinski definition) is 1. The van der Waals surface area contributed by atoms with Crippen LogP contribution in [0.2, 0.25) is 5.02 Å². The van der Waals surface area contributed by atoms with Crippen LogP contribution < -0.4 is 4.74 Å². The largest absolute Gasteiger partial charge is 0.477 e. The number of rotatable bonds is 7. The molecular formula is C29H30ClF3N2O6. The molecule has 0 fully saturated rings. The number of amides is 1. The first-order chi connectivity index (χ1) is 18.9. The Morgan fingerprint density at radius 3 is 2.10 bits per heavy atom. The number of halogens is 4. The van der Waals surface area contributed by atoms with Crippen molar-refractivity contribution < 1.29 is 37.5 Å². The molecule has 0 aromatic heterocycles. The van der Waals surface area contributed by atoms with Gasteiger partial charge in [-0.25, -0.2) is 4.79 Å². The maximum absolute atomic E-state index is 12.6. The number of carboxylic acids is 1. The van der Waals surface area contributed by atoms with Crippen molar-refractivity contribution in [3.05, 3.63) is 98.6 Å². The van der Waals surface area contributed by atoms with Crippen LogP contribution in [-0.4, -0.2) is 32.8 Å². The maximum atomic E-state index is 12.6. The monoisotopic (exact) mass is 594 g/mol. The van der Waals surface area contributed by atoms with Crippen molar-refractivity contribution in [2.75, 3.05) is 0 Å². The number of nitro benzene ring substituents is 1. The molecule has 3 aromatic carbocycles. The van der Waals surface area contributed by atoms with Gasteiger partial charge >= 0.3 is 12.1 Å². The van der Waals surface area contributed by atoms with Crippen LogP contribution in [0.25, 0.3) is 0 Å². The molecule has 8 nitrogen and oxygen atoms in total. The van der Waals surface area contributed by atoms with Crippen LogP contribution in [0.4, 0.5) is 18.9 Å². The van der Waals surface area contributed by atoms with E-state index in [0.29, 0.717) is 12.6 Å². The Kier molecular flexibility index (Phi) is 10.9. The lowest BCUT2D eigenvalue weighted by molar-refractivity contribution is -0.385. The van der Waals surface area contributed by atoms with Gasteiger partial charge in [0.2, 0.25) is 5.91 Å². The standard InChI is InChI=1S/C15H23NO.C14H7ClF3NO5/c1-12(2)16(14(17)15(3,4)5)11-13-9-7-6-8-10-13;15-10-5-7(14(16,17)18)1-4-12(10)24-8-2-3-11(19(22)23)9(6-8)13(20)21/h6-10,12H,11H2,1-5H3;1-6H,(H,20,21). The fraction of sp³-hybridized carbons (Fsp3) is 0.310. The lowest BCUT2D eigenvalue weighted by Gasteiger charge is -2.32. The van der Waals surface area contributed by atoms with E-state index in [9.17, 15) is 32.9 Å². The predicted molar refractivity (Wildman–Crippen MR) is 148 cm³/mol. The third-order valence-corrected chi connectivity index (χ3v) is 5.90. The summed E-state index contributed by atoms with van der Waals surface area (Å²) in [7, 11) is 0. The number of hydrogen-bond acceptors (Lipinski definition) is 5. The number of carbonyl (C=O) groups is 2. The molecular weight excluding hydrogens is 565 g/mol. The van der Waals surface area contributed by atoms with Gasteiger partial charge in [0.15, 0.2) is 0 Å². The third kappa shape index (κ3) is 9.49. The average molecular weight is 595 g/mol. The highest BCUT2D eigenvalue weighted by Gasteiger charge is 2.31. The minimum atomic E-state index is -4.58. The maximum Gasteiger partial charge on any atom is 0.416 e. The van der Waals surface area contributed by atoms with Crippen molar-refractivity contribution in [1.82, 2.24) is 4.90 Å². The minimum Gasteiger partial charge on any atom is -0.477 e. The van der Waals surface area contributed by atoms with E-state index in [2.05, 4.69) is 26.0 Å². The van der Waals surface area contributed by atoms with E-state index in [1.807, 2.05) is 43.9 Å². The van der Waals surface area contributed by atoms with E-state index >= 15 is 0 Å². The first-order valence-corrected chi connectivity index (χ1v) is 12.7. The first-order valence-electron chi connectivity index (χ1n) is 12.3. The van der Waals surface area contributed by atoms with E-state index in [-0.39, 0.29) is 33.9 Å². The molecule has 0 saturated heterocycles. The highest BCUT2D eigenvalue weighted by atomic mass is 35.5. The van der Waals surface area contributed by atoms with Gasteiger partial charge in [-0.15, -0.1) is 0 Å². The number of benzene rings is 3. The quantitative estimate of drug-likeness (QED) is 0.218. The number of alkyl halides is 3. The van der Waals surface area contributed by atoms with Crippen molar-refractivity contribution in [2.24, 2.45) is 5.41 Å². The summed E-state index contributed by atoms with van der Waals surface area (Å²) in [6.45, 7) is 10.7. The molecule has 3 aromatic rings. The van der Waals surface area contributed by atoms with Gasteiger partial charge in [0.1, 0.15) is 17.1 Å². The Morgan fingerprint density at radius 2 is 1.63 bits per heavy atom. The van der Waals surface area contributed by atoms with Crippen molar-refractivity contribution >= 4 is 29.2 Å². The zero-order valence-electron chi connectivity index (χ0n) is 23.0. The Balaban J connectivity index is 0.000000305. The molecule has 41 heavy (non-hydrogen) atoms. The smallest absolute Gasteiger partial charge is 0.416 e. The van der Waals surface area contributed by atoms with E-state index in [4.69, 9.17) is 21.4 Å². The van der Waals surface area contributed by atoms with Crippen LogP contribution >= 0.6 is 11.6 Å². The van der Waals surface area contributed by atoms with E-state index < -0.39 is 33.9 Å². The fourth-order valence-electron chi connectivity index (χ4n) is 3.50. The average Bonchev–Trinajstić information content (AvgIpc) is 2.87. The van der Waals surface area contributed by atoms with E-state index in [1.165, 1.54) is 5.56 Å². The summed E-state index contributed by atoms with van der Waals surface area (Å²) >= 11 is 5.72.